The highest BCUT2D eigenvalue weighted by atomic mass is 19.1. The van der Waals surface area contributed by atoms with Crippen LogP contribution < -0.4 is 4.74 Å². The fraction of sp³-hybridized carbons (Fsp3) is 0.519. The van der Waals surface area contributed by atoms with Gasteiger partial charge in [0, 0.05) is 50.0 Å². The summed E-state index contributed by atoms with van der Waals surface area (Å²) >= 11 is 0. The summed E-state index contributed by atoms with van der Waals surface area (Å²) in [5, 5.41) is 11.7. The highest BCUT2D eigenvalue weighted by molar-refractivity contribution is 5.81. The number of methoxy groups -OCH3 is 1. The van der Waals surface area contributed by atoms with Crippen molar-refractivity contribution >= 4 is 5.91 Å². The van der Waals surface area contributed by atoms with E-state index in [1.165, 1.54) is 12.1 Å². The second-order valence-electron chi connectivity index (χ2n) is 9.83. The maximum atomic E-state index is 14.7. The van der Waals surface area contributed by atoms with E-state index in [-0.39, 0.29) is 23.7 Å². The second-order valence-corrected chi connectivity index (χ2v) is 9.83. The summed E-state index contributed by atoms with van der Waals surface area (Å²) in [6, 6.07) is 11.1. The van der Waals surface area contributed by atoms with Gasteiger partial charge in [0.1, 0.15) is 17.4 Å². The van der Waals surface area contributed by atoms with Crippen LogP contribution in [0.3, 0.4) is 0 Å². The number of ether oxygens (including phenoxy) is 1. The van der Waals surface area contributed by atoms with Gasteiger partial charge in [-0.05, 0) is 35.9 Å². The van der Waals surface area contributed by atoms with Gasteiger partial charge in [0.2, 0.25) is 5.91 Å². The molecule has 7 heteroatoms. The SMILES string of the molecule is CCN1C[C@@H](C(=O)N2CC(C)C(O)(c3ccc(OC)cc3)C(C)C2)[C@H](c2ccc(F)cc2F)C1. The van der Waals surface area contributed by atoms with Crippen LogP contribution in [0.25, 0.3) is 0 Å². The fourth-order valence-electron chi connectivity index (χ4n) is 5.85. The summed E-state index contributed by atoms with van der Waals surface area (Å²) in [7, 11) is 1.60. The Morgan fingerprint density at radius 1 is 1.06 bits per heavy atom. The molecule has 2 heterocycles. The zero-order valence-electron chi connectivity index (χ0n) is 20.3. The number of halogens is 2. The predicted molar refractivity (Wildman–Crippen MR) is 127 cm³/mol. The molecule has 1 N–H and O–H groups in total. The standard InChI is InChI=1S/C27H34F2N2O3/c1-5-30-15-23(22-11-8-20(28)12-25(22)29)24(16-30)26(32)31-13-17(2)27(33,18(3)14-31)19-6-9-21(34-4)10-7-19/h6-12,17-18,23-24,33H,5,13-16H2,1-4H3/t17?,18?,23-,24+,27?/m0/s1. The van der Waals surface area contributed by atoms with E-state index in [9.17, 15) is 18.7 Å². The normalized spacial score (nSPS) is 29.9. The van der Waals surface area contributed by atoms with Crippen LogP contribution in [-0.4, -0.2) is 60.6 Å². The number of benzene rings is 2. The van der Waals surface area contributed by atoms with Crippen LogP contribution in [-0.2, 0) is 10.4 Å². The molecule has 2 aromatic carbocycles. The molecule has 2 aliphatic rings. The molecular weight excluding hydrogens is 438 g/mol. The molecule has 2 saturated heterocycles. The first-order valence-corrected chi connectivity index (χ1v) is 12.0. The number of aliphatic hydroxyl groups is 1. The zero-order chi connectivity index (χ0) is 24.6. The highest BCUT2D eigenvalue weighted by Crippen LogP contribution is 2.43. The number of carbonyl (C=O) groups is 1. The third-order valence-electron chi connectivity index (χ3n) is 7.88. The molecule has 2 unspecified atom stereocenters. The average Bonchev–Trinajstić information content (AvgIpc) is 3.26. The number of likely N-dealkylation sites (tertiary alicyclic amines) is 2. The monoisotopic (exact) mass is 472 g/mol. The largest absolute Gasteiger partial charge is 0.497 e. The molecule has 0 aliphatic carbocycles. The van der Waals surface area contributed by atoms with Crippen LogP contribution in [0.2, 0.25) is 0 Å². The van der Waals surface area contributed by atoms with Crippen molar-refractivity contribution in [3.63, 3.8) is 0 Å². The van der Waals surface area contributed by atoms with Gasteiger partial charge in [-0.15, -0.1) is 0 Å². The van der Waals surface area contributed by atoms with Crippen LogP contribution in [0.4, 0.5) is 8.78 Å². The van der Waals surface area contributed by atoms with E-state index in [4.69, 9.17) is 4.74 Å². The first kappa shape index (κ1) is 24.6. The average molecular weight is 473 g/mol. The summed E-state index contributed by atoms with van der Waals surface area (Å²) in [6.07, 6.45) is 0. The lowest BCUT2D eigenvalue weighted by Gasteiger charge is -2.48. The molecule has 2 fully saturated rings. The van der Waals surface area contributed by atoms with Gasteiger partial charge in [0.05, 0.1) is 18.6 Å². The Morgan fingerprint density at radius 3 is 2.26 bits per heavy atom. The lowest BCUT2D eigenvalue weighted by atomic mass is 9.70. The predicted octanol–water partition coefficient (Wildman–Crippen LogP) is 4.01. The van der Waals surface area contributed by atoms with Crippen molar-refractivity contribution in [3.05, 3.63) is 65.2 Å². The van der Waals surface area contributed by atoms with E-state index in [0.29, 0.717) is 31.7 Å². The molecular formula is C27H34F2N2O3. The minimum absolute atomic E-state index is 0.0276. The van der Waals surface area contributed by atoms with Crippen LogP contribution in [0.15, 0.2) is 42.5 Å². The molecule has 2 aliphatic heterocycles. The molecule has 0 bridgehead atoms. The van der Waals surface area contributed by atoms with Gasteiger partial charge in [-0.1, -0.05) is 39.0 Å². The van der Waals surface area contributed by atoms with Crippen molar-refractivity contribution in [3.8, 4) is 5.75 Å². The van der Waals surface area contributed by atoms with Crippen molar-refractivity contribution < 1.29 is 23.4 Å². The fourth-order valence-corrected chi connectivity index (χ4v) is 5.85. The maximum absolute atomic E-state index is 14.7. The molecule has 2 aromatic rings. The van der Waals surface area contributed by atoms with Gasteiger partial charge in [0.25, 0.3) is 0 Å². The topological polar surface area (TPSA) is 53.0 Å². The Hall–Kier alpha value is -2.51. The molecule has 0 spiro atoms. The van der Waals surface area contributed by atoms with Gasteiger partial charge in [-0.2, -0.15) is 0 Å². The molecule has 0 saturated carbocycles. The smallest absolute Gasteiger partial charge is 0.227 e. The summed E-state index contributed by atoms with van der Waals surface area (Å²) in [5.41, 5.74) is 0.129. The minimum atomic E-state index is -1.07. The van der Waals surface area contributed by atoms with Crippen molar-refractivity contribution in [2.45, 2.75) is 32.3 Å². The third kappa shape index (κ3) is 4.31. The van der Waals surface area contributed by atoms with Gasteiger partial charge >= 0.3 is 0 Å². The zero-order valence-corrected chi connectivity index (χ0v) is 20.3. The third-order valence-corrected chi connectivity index (χ3v) is 7.88. The summed E-state index contributed by atoms with van der Waals surface area (Å²) in [5.74, 6) is -1.66. The first-order valence-electron chi connectivity index (χ1n) is 12.0. The summed E-state index contributed by atoms with van der Waals surface area (Å²) in [6.45, 7) is 8.62. The van der Waals surface area contributed by atoms with Crippen molar-refractivity contribution in [1.82, 2.24) is 9.80 Å². The van der Waals surface area contributed by atoms with Crippen molar-refractivity contribution in [1.29, 1.82) is 0 Å². The Kier molecular flexibility index (Phi) is 6.97. The van der Waals surface area contributed by atoms with Gasteiger partial charge < -0.3 is 19.6 Å². The number of nitrogens with zero attached hydrogens (tertiary/aromatic N) is 2. The van der Waals surface area contributed by atoms with Gasteiger partial charge in [0.15, 0.2) is 0 Å². The molecule has 5 nitrogen and oxygen atoms in total. The van der Waals surface area contributed by atoms with Crippen LogP contribution in [0.1, 0.15) is 37.8 Å². The van der Waals surface area contributed by atoms with Gasteiger partial charge in [-0.3, -0.25) is 4.79 Å². The Balaban J connectivity index is 1.56. The summed E-state index contributed by atoms with van der Waals surface area (Å²) in [4.78, 5) is 17.7. The first-order chi connectivity index (χ1) is 16.2. The highest BCUT2D eigenvalue weighted by Gasteiger charge is 2.49. The Labute approximate surface area is 200 Å². The van der Waals surface area contributed by atoms with Crippen LogP contribution in [0.5, 0.6) is 5.75 Å². The number of rotatable bonds is 5. The van der Waals surface area contributed by atoms with E-state index in [0.717, 1.165) is 23.9 Å². The lowest BCUT2D eigenvalue weighted by Crippen LogP contribution is -2.57. The lowest BCUT2D eigenvalue weighted by molar-refractivity contribution is -0.152. The Bertz CT molecular complexity index is 1020. The number of carbonyl (C=O) groups excluding carboxylic acids is 1. The van der Waals surface area contributed by atoms with Crippen molar-refractivity contribution in [2.75, 3.05) is 39.8 Å². The summed E-state index contributed by atoms with van der Waals surface area (Å²) < 4.78 is 33.4. The number of amides is 1. The Morgan fingerprint density at radius 2 is 1.71 bits per heavy atom. The number of hydrogen-bond acceptors (Lipinski definition) is 4. The quantitative estimate of drug-likeness (QED) is 0.715. The van der Waals surface area contributed by atoms with Crippen LogP contribution >= 0.6 is 0 Å². The van der Waals surface area contributed by atoms with E-state index in [1.54, 1.807) is 7.11 Å². The van der Waals surface area contributed by atoms with E-state index < -0.39 is 23.2 Å². The van der Waals surface area contributed by atoms with E-state index in [1.807, 2.05) is 49.9 Å². The number of likely N-dealkylation sites (N-methyl/N-ethyl adjacent to an activating group) is 1. The maximum Gasteiger partial charge on any atom is 0.227 e. The van der Waals surface area contributed by atoms with E-state index >= 15 is 0 Å². The number of hydrogen-bond donors (Lipinski definition) is 1. The second kappa shape index (κ2) is 9.62. The van der Waals surface area contributed by atoms with E-state index in [2.05, 4.69) is 4.90 Å². The molecule has 184 valence electrons. The van der Waals surface area contributed by atoms with Crippen molar-refractivity contribution in [2.24, 2.45) is 17.8 Å². The molecule has 0 radical (unpaired) electrons. The molecule has 4 rings (SSSR count). The molecule has 0 aromatic heterocycles. The van der Waals surface area contributed by atoms with Crippen LogP contribution in [0, 0.1) is 29.4 Å². The van der Waals surface area contributed by atoms with Gasteiger partial charge in [-0.25, -0.2) is 8.78 Å². The minimum Gasteiger partial charge on any atom is -0.497 e. The molecule has 1 amide bonds. The molecule has 4 atom stereocenters. The number of piperidine rings is 1. The molecule has 34 heavy (non-hydrogen) atoms.